The molecule has 0 aliphatic heterocycles. The van der Waals surface area contributed by atoms with Crippen molar-refractivity contribution in [1.82, 2.24) is 0 Å². The van der Waals surface area contributed by atoms with Crippen molar-refractivity contribution in [3.63, 3.8) is 0 Å². The summed E-state index contributed by atoms with van der Waals surface area (Å²) < 4.78 is 27.7. The van der Waals surface area contributed by atoms with Gasteiger partial charge in [0.1, 0.15) is 0 Å². The SMILES string of the molecule is Cc1ccc(C)c(NS(=O)(=O)c2cc(Cl)c(Cl)cc2C)c1. The molecular formula is C15H15Cl2NO2S. The summed E-state index contributed by atoms with van der Waals surface area (Å²) in [5, 5.41) is 0.545. The average Bonchev–Trinajstić information content (AvgIpc) is 2.37. The molecule has 0 amide bonds. The van der Waals surface area contributed by atoms with Crippen molar-refractivity contribution in [2.45, 2.75) is 25.7 Å². The van der Waals surface area contributed by atoms with Gasteiger partial charge in [-0.15, -0.1) is 0 Å². The van der Waals surface area contributed by atoms with Gasteiger partial charge in [0.15, 0.2) is 0 Å². The summed E-state index contributed by atoms with van der Waals surface area (Å²) >= 11 is 11.8. The third-order valence-electron chi connectivity index (χ3n) is 3.14. The molecule has 1 N–H and O–H groups in total. The second-order valence-electron chi connectivity index (χ2n) is 4.96. The maximum Gasteiger partial charge on any atom is 0.262 e. The first-order valence-corrected chi connectivity index (χ1v) is 8.50. The van der Waals surface area contributed by atoms with Gasteiger partial charge in [0.05, 0.1) is 20.6 Å². The summed E-state index contributed by atoms with van der Waals surface area (Å²) in [4.78, 5) is 0.123. The number of nitrogens with one attached hydrogen (secondary N) is 1. The van der Waals surface area contributed by atoms with E-state index in [0.717, 1.165) is 11.1 Å². The number of sulfonamides is 1. The molecule has 0 aliphatic rings. The summed E-state index contributed by atoms with van der Waals surface area (Å²) in [6.45, 7) is 5.43. The maximum absolute atomic E-state index is 12.5. The largest absolute Gasteiger partial charge is 0.279 e. The predicted molar refractivity (Wildman–Crippen MR) is 87.9 cm³/mol. The van der Waals surface area contributed by atoms with Crippen LogP contribution in [0.5, 0.6) is 0 Å². The molecule has 0 bridgehead atoms. The number of rotatable bonds is 3. The second kappa shape index (κ2) is 5.87. The second-order valence-corrected chi connectivity index (χ2v) is 7.42. The van der Waals surface area contributed by atoms with Crippen LogP contribution in [0.3, 0.4) is 0 Å². The van der Waals surface area contributed by atoms with Crippen molar-refractivity contribution in [2.75, 3.05) is 4.72 Å². The van der Waals surface area contributed by atoms with E-state index in [9.17, 15) is 8.42 Å². The van der Waals surface area contributed by atoms with Crippen molar-refractivity contribution in [2.24, 2.45) is 0 Å². The van der Waals surface area contributed by atoms with Crippen LogP contribution in [0.4, 0.5) is 5.69 Å². The minimum Gasteiger partial charge on any atom is -0.279 e. The molecule has 0 aromatic heterocycles. The minimum atomic E-state index is -3.72. The predicted octanol–water partition coefficient (Wildman–Crippen LogP) is 4.72. The Morgan fingerprint density at radius 2 is 1.52 bits per heavy atom. The van der Waals surface area contributed by atoms with Gasteiger partial charge in [-0.05, 0) is 55.7 Å². The Labute approximate surface area is 135 Å². The molecule has 0 aliphatic carbocycles. The third-order valence-corrected chi connectivity index (χ3v) is 5.37. The highest BCUT2D eigenvalue weighted by atomic mass is 35.5. The molecular weight excluding hydrogens is 329 g/mol. The average molecular weight is 344 g/mol. The topological polar surface area (TPSA) is 46.2 Å². The fraction of sp³-hybridized carbons (Fsp3) is 0.200. The zero-order valence-electron chi connectivity index (χ0n) is 11.9. The maximum atomic E-state index is 12.5. The Morgan fingerprint density at radius 1 is 0.905 bits per heavy atom. The zero-order chi connectivity index (χ0) is 15.8. The fourth-order valence-electron chi connectivity index (χ4n) is 1.96. The van der Waals surface area contributed by atoms with Crippen LogP contribution in [0, 0.1) is 20.8 Å². The van der Waals surface area contributed by atoms with Crippen LogP contribution in [-0.4, -0.2) is 8.42 Å². The Morgan fingerprint density at radius 3 is 2.19 bits per heavy atom. The van der Waals surface area contributed by atoms with Crippen molar-refractivity contribution >= 4 is 38.9 Å². The third kappa shape index (κ3) is 3.51. The lowest BCUT2D eigenvalue weighted by molar-refractivity contribution is 0.600. The monoisotopic (exact) mass is 343 g/mol. The number of halogens is 2. The molecule has 0 fully saturated rings. The van der Waals surface area contributed by atoms with Crippen LogP contribution >= 0.6 is 23.2 Å². The molecule has 6 heteroatoms. The van der Waals surface area contributed by atoms with Gasteiger partial charge in [-0.2, -0.15) is 0 Å². The van der Waals surface area contributed by atoms with Crippen molar-refractivity contribution in [3.05, 3.63) is 57.1 Å². The van der Waals surface area contributed by atoms with Crippen LogP contribution in [-0.2, 0) is 10.0 Å². The van der Waals surface area contributed by atoms with E-state index in [1.54, 1.807) is 19.1 Å². The van der Waals surface area contributed by atoms with E-state index in [4.69, 9.17) is 23.2 Å². The summed E-state index contributed by atoms with van der Waals surface area (Å²) in [6, 6.07) is 8.50. The van der Waals surface area contributed by atoms with Gasteiger partial charge >= 0.3 is 0 Å². The standard InChI is InChI=1S/C15H15Cl2NO2S/c1-9-4-5-10(2)14(6-9)18-21(19,20)15-8-13(17)12(16)7-11(15)3/h4-8,18H,1-3H3. The highest BCUT2D eigenvalue weighted by molar-refractivity contribution is 7.92. The first kappa shape index (κ1) is 16.1. The van der Waals surface area contributed by atoms with Crippen LogP contribution in [0.2, 0.25) is 10.0 Å². The molecule has 2 aromatic rings. The quantitative estimate of drug-likeness (QED) is 0.876. The van der Waals surface area contributed by atoms with E-state index >= 15 is 0 Å². The van der Waals surface area contributed by atoms with Gasteiger partial charge in [0.2, 0.25) is 0 Å². The van der Waals surface area contributed by atoms with E-state index in [-0.39, 0.29) is 9.92 Å². The lowest BCUT2D eigenvalue weighted by atomic mass is 10.1. The van der Waals surface area contributed by atoms with Crippen molar-refractivity contribution in [1.29, 1.82) is 0 Å². The molecule has 0 saturated carbocycles. The Balaban J connectivity index is 2.48. The van der Waals surface area contributed by atoms with Crippen LogP contribution in [0.15, 0.2) is 35.2 Å². The van der Waals surface area contributed by atoms with Crippen LogP contribution < -0.4 is 4.72 Å². The molecule has 112 valence electrons. The van der Waals surface area contributed by atoms with Gasteiger partial charge in [-0.25, -0.2) is 8.42 Å². The number of benzene rings is 2. The Hall–Kier alpha value is -1.23. The lowest BCUT2D eigenvalue weighted by Gasteiger charge is -2.13. The summed E-state index contributed by atoms with van der Waals surface area (Å²) in [5.74, 6) is 0. The van der Waals surface area contributed by atoms with Gasteiger partial charge < -0.3 is 0 Å². The zero-order valence-corrected chi connectivity index (χ0v) is 14.2. The molecule has 2 rings (SSSR count). The van der Waals surface area contributed by atoms with E-state index in [2.05, 4.69) is 4.72 Å². The number of aryl methyl sites for hydroxylation is 3. The van der Waals surface area contributed by atoms with Crippen LogP contribution in [0.1, 0.15) is 16.7 Å². The summed E-state index contributed by atoms with van der Waals surface area (Å²) in [7, 11) is -3.72. The van der Waals surface area contributed by atoms with Gasteiger partial charge in [-0.3, -0.25) is 4.72 Å². The normalized spacial score (nSPS) is 11.5. The van der Waals surface area contributed by atoms with E-state index < -0.39 is 10.0 Å². The van der Waals surface area contributed by atoms with E-state index in [0.29, 0.717) is 16.3 Å². The molecule has 0 heterocycles. The summed E-state index contributed by atoms with van der Waals surface area (Å²) in [6.07, 6.45) is 0. The minimum absolute atomic E-state index is 0.123. The highest BCUT2D eigenvalue weighted by Gasteiger charge is 2.19. The smallest absolute Gasteiger partial charge is 0.262 e. The molecule has 3 nitrogen and oxygen atoms in total. The summed E-state index contributed by atoms with van der Waals surface area (Å²) in [5.41, 5.74) is 2.92. The van der Waals surface area contributed by atoms with E-state index in [1.165, 1.54) is 6.07 Å². The number of hydrogen-bond acceptors (Lipinski definition) is 2. The molecule has 0 saturated heterocycles. The lowest BCUT2D eigenvalue weighted by Crippen LogP contribution is -2.15. The number of hydrogen-bond donors (Lipinski definition) is 1. The molecule has 0 atom stereocenters. The van der Waals surface area contributed by atoms with Gasteiger partial charge in [-0.1, -0.05) is 35.3 Å². The fourth-order valence-corrected chi connectivity index (χ4v) is 3.78. The first-order chi connectivity index (χ1) is 9.70. The Kier molecular flexibility index (Phi) is 4.51. The molecule has 21 heavy (non-hydrogen) atoms. The van der Waals surface area contributed by atoms with Gasteiger partial charge in [0, 0.05) is 0 Å². The molecule has 0 unspecified atom stereocenters. The van der Waals surface area contributed by atoms with Crippen molar-refractivity contribution < 1.29 is 8.42 Å². The number of anilines is 1. The highest BCUT2D eigenvalue weighted by Crippen LogP contribution is 2.29. The van der Waals surface area contributed by atoms with Crippen LogP contribution in [0.25, 0.3) is 0 Å². The molecule has 0 radical (unpaired) electrons. The Bertz CT molecular complexity index is 802. The van der Waals surface area contributed by atoms with Crippen molar-refractivity contribution in [3.8, 4) is 0 Å². The molecule has 0 spiro atoms. The molecule has 2 aromatic carbocycles. The first-order valence-electron chi connectivity index (χ1n) is 6.26. The van der Waals surface area contributed by atoms with Gasteiger partial charge in [0.25, 0.3) is 10.0 Å². The van der Waals surface area contributed by atoms with E-state index in [1.807, 2.05) is 26.0 Å².